The van der Waals surface area contributed by atoms with E-state index in [4.69, 9.17) is 9.47 Å². The van der Waals surface area contributed by atoms with E-state index >= 15 is 0 Å². The molecule has 2 aromatic carbocycles. The smallest absolute Gasteiger partial charge is 0.163 e. The zero-order chi connectivity index (χ0) is 16.7. The van der Waals surface area contributed by atoms with Crippen molar-refractivity contribution in [1.82, 2.24) is 0 Å². The van der Waals surface area contributed by atoms with Crippen LogP contribution in [0.25, 0.3) is 0 Å². The van der Waals surface area contributed by atoms with Gasteiger partial charge in [-0.15, -0.1) is 0 Å². The third-order valence-electron chi connectivity index (χ3n) is 4.11. The van der Waals surface area contributed by atoms with Crippen molar-refractivity contribution in [3.63, 3.8) is 0 Å². The first-order valence-electron chi connectivity index (χ1n) is 7.57. The van der Waals surface area contributed by atoms with Gasteiger partial charge in [0.2, 0.25) is 0 Å². The topological polar surface area (TPSA) is 55.8 Å². The summed E-state index contributed by atoms with van der Waals surface area (Å²) in [6.45, 7) is 6.18. The number of benzene rings is 2. The van der Waals surface area contributed by atoms with Gasteiger partial charge in [-0.25, -0.2) is 0 Å². The highest BCUT2D eigenvalue weighted by Crippen LogP contribution is 2.63. The molecular weight excluding hydrogens is 311 g/mol. The van der Waals surface area contributed by atoms with Gasteiger partial charge in [0.05, 0.1) is 5.30 Å². The predicted molar refractivity (Wildman–Crippen MR) is 91.4 cm³/mol. The fourth-order valence-corrected chi connectivity index (χ4v) is 5.11. The Kier molecular flexibility index (Phi) is 3.89. The minimum atomic E-state index is -2.78. The Morgan fingerprint density at radius 2 is 1.91 bits per heavy atom. The van der Waals surface area contributed by atoms with Gasteiger partial charge in [-0.05, 0) is 5.56 Å². The lowest BCUT2D eigenvalue weighted by Crippen LogP contribution is -2.23. The Labute approximate surface area is 136 Å². The van der Waals surface area contributed by atoms with E-state index in [0.29, 0.717) is 23.4 Å². The summed E-state index contributed by atoms with van der Waals surface area (Å²) < 4.78 is 25.0. The molecule has 0 saturated heterocycles. The van der Waals surface area contributed by atoms with Gasteiger partial charge in [-0.1, -0.05) is 51.1 Å². The Morgan fingerprint density at radius 3 is 2.57 bits per heavy atom. The van der Waals surface area contributed by atoms with Gasteiger partial charge >= 0.3 is 0 Å². The van der Waals surface area contributed by atoms with E-state index < -0.39 is 12.3 Å². The Balaban J connectivity index is 2.00. The number of phenols is 1. The molecule has 0 radical (unpaired) electrons. The van der Waals surface area contributed by atoms with E-state index in [-0.39, 0.29) is 12.1 Å². The molecule has 5 heteroatoms. The lowest BCUT2D eigenvalue weighted by atomic mass is 10.2. The molecule has 0 aromatic heterocycles. The van der Waals surface area contributed by atoms with Gasteiger partial charge in [0, 0.05) is 17.3 Å². The second kappa shape index (κ2) is 5.61. The molecule has 0 bridgehead atoms. The molecule has 122 valence electrons. The molecule has 0 aliphatic carbocycles. The maximum atomic E-state index is 13.5. The van der Waals surface area contributed by atoms with Crippen LogP contribution in [-0.2, 0) is 11.2 Å². The first-order chi connectivity index (χ1) is 10.8. The van der Waals surface area contributed by atoms with E-state index in [1.807, 2.05) is 51.1 Å². The van der Waals surface area contributed by atoms with E-state index in [1.165, 1.54) is 12.1 Å². The molecule has 4 nitrogen and oxygen atoms in total. The standard InChI is InChI=1S/C18H21O4P/c1-18(2,3)23(20)12-22-16-10-14(19)9-15(17(16)23)21-11-13-7-5-4-6-8-13/h4-10,19H,11-12H2,1-3H3. The molecule has 0 spiro atoms. The zero-order valence-corrected chi connectivity index (χ0v) is 14.5. The average molecular weight is 332 g/mol. The number of fused-ring (bicyclic) bond motifs is 1. The van der Waals surface area contributed by atoms with Crippen LogP contribution in [0.3, 0.4) is 0 Å². The molecule has 0 amide bonds. The molecule has 1 aliphatic heterocycles. The maximum Gasteiger partial charge on any atom is 0.163 e. The molecular formula is C18H21O4P. The Bertz CT molecular complexity index is 763. The predicted octanol–water partition coefficient (Wildman–Crippen LogP) is 4.11. The highest BCUT2D eigenvalue weighted by Gasteiger charge is 2.47. The summed E-state index contributed by atoms with van der Waals surface area (Å²) in [6, 6.07) is 12.8. The monoisotopic (exact) mass is 332 g/mol. The summed E-state index contributed by atoms with van der Waals surface area (Å²) in [5.74, 6) is 0.958. The molecule has 1 heterocycles. The lowest BCUT2D eigenvalue weighted by Gasteiger charge is -2.27. The van der Waals surface area contributed by atoms with Gasteiger partial charge < -0.3 is 19.1 Å². The fraction of sp³-hybridized carbons (Fsp3) is 0.333. The third kappa shape index (κ3) is 2.84. The maximum absolute atomic E-state index is 13.5. The van der Waals surface area contributed by atoms with Crippen molar-refractivity contribution in [2.24, 2.45) is 0 Å². The van der Waals surface area contributed by atoms with Crippen molar-refractivity contribution in [1.29, 1.82) is 0 Å². The number of hydrogen-bond donors (Lipinski definition) is 1. The number of ether oxygens (including phenoxy) is 2. The van der Waals surface area contributed by atoms with Crippen LogP contribution >= 0.6 is 7.14 Å². The number of hydrogen-bond acceptors (Lipinski definition) is 4. The quantitative estimate of drug-likeness (QED) is 0.860. The van der Waals surface area contributed by atoms with Crippen LogP contribution in [0, 0.1) is 0 Å². The van der Waals surface area contributed by atoms with Crippen molar-refractivity contribution in [3.05, 3.63) is 48.0 Å². The third-order valence-corrected chi connectivity index (χ3v) is 7.93. The van der Waals surface area contributed by atoms with Crippen LogP contribution in [-0.4, -0.2) is 16.6 Å². The summed E-state index contributed by atoms with van der Waals surface area (Å²) >= 11 is 0. The molecule has 2 aromatic rings. The summed E-state index contributed by atoms with van der Waals surface area (Å²) in [4.78, 5) is 0. The van der Waals surface area contributed by atoms with Gasteiger partial charge in [-0.2, -0.15) is 0 Å². The molecule has 0 fully saturated rings. The summed E-state index contributed by atoms with van der Waals surface area (Å²) in [7, 11) is -2.78. The zero-order valence-electron chi connectivity index (χ0n) is 13.6. The Morgan fingerprint density at radius 1 is 1.22 bits per heavy atom. The molecule has 1 atom stereocenters. The SMILES string of the molecule is CC(C)(C)P1(=O)COc2cc(O)cc(OCc3ccccc3)c21. The minimum Gasteiger partial charge on any atom is -0.508 e. The number of rotatable bonds is 3. The molecule has 23 heavy (non-hydrogen) atoms. The van der Waals surface area contributed by atoms with Crippen LogP contribution in [0.15, 0.2) is 42.5 Å². The first kappa shape index (κ1) is 15.9. The number of aromatic hydroxyl groups is 1. The Hall–Kier alpha value is -1.93. The number of phenolic OH excluding ortho intramolecular Hbond substituents is 1. The highest BCUT2D eigenvalue weighted by molar-refractivity contribution is 7.73. The molecule has 1 unspecified atom stereocenters. The first-order valence-corrected chi connectivity index (χ1v) is 9.47. The second-order valence-electron chi connectivity index (χ2n) is 6.75. The fourth-order valence-electron chi connectivity index (χ4n) is 2.63. The van der Waals surface area contributed by atoms with E-state index in [1.54, 1.807) is 0 Å². The van der Waals surface area contributed by atoms with Gasteiger partial charge in [0.1, 0.15) is 30.2 Å². The normalized spacial score (nSPS) is 20.0. The highest BCUT2D eigenvalue weighted by atomic mass is 31.2. The molecule has 0 saturated carbocycles. The largest absolute Gasteiger partial charge is 0.508 e. The van der Waals surface area contributed by atoms with Crippen molar-refractivity contribution >= 4 is 12.4 Å². The minimum absolute atomic E-state index is 0.0502. The van der Waals surface area contributed by atoms with Crippen molar-refractivity contribution in [3.8, 4) is 17.2 Å². The summed E-state index contributed by atoms with van der Waals surface area (Å²) in [5, 5.41) is 10.1. The van der Waals surface area contributed by atoms with Crippen LogP contribution in [0.1, 0.15) is 26.3 Å². The summed E-state index contributed by atoms with van der Waals surface area (Å²) in [5.41, 5.74) is 1.01. The van der Waals surface area contributed by atoms with Crippen LogP contribution in [0.2, 0.25) is 0 Å². The summed E-state index contributed by atoms with van der Waals surface area (Å²) in [6.07, 6.45) is 0.150. The van der Waals surface area contributed by atoms with Crippen molar-refractivity contribution < 1.29 is 19.1 Å². The van der Waals surface area contributed by atoms with E-state index in [9.17, 15) is 9.67 Å². The van der Waals surface area contributed by atoms with Crippen LogP contribution in [0.4, 0.5) is 0 Å². The lowest BCUT2D eigenvalue weighted by molar-refractivity contribution is 0.305. The van der Waals surface area contributed by atoms with Crippen LogP contribution in [0.5, 0.6) is 17.2 Å². The van der Waals surface area contributed by atoms with Gasteiger partial charge in [0.15, 0.2) is 7.14 Å². The molecule has 1 aliphatic rings. The second-order valence-corrected chi connectivity index (χ2v) is 10.3. The van der Waals surface area contributed by atoms with Crippen molar-refractivity contribution in [2.75, 3.05) is 6.35 Å². The van der Waals surface area contributed by atoms with Crippen LogP contribution < -0.4 is 14.8 Å². The molecule has 3 rings (SSSR count). The van der Waals surface area contributed by atoms with E-state index in [0.717, 1.165) is 5.56 Å². The van der Waals surface area contributed by atoms with Crippen molar-refractivity contribution in [2.45, 2.75) is 32.5 Å². The van der Waals surface area contributed by atoms with Gasteiger partial charge in [0.25, 0.3) is 0 Å². The average Bonchev–Trinajstić information content (AvgIpc) is 2.84. The molecule has 1 N–H and O–H groups in total. The van der Waals surface area contributed by atoms with Gasteiger partial charge in [-0.3, -0.25) is 0 Å². The van der Waals surface area contributed by atoms with E-state index in [2.05, 4.69) is 0 Å².